The van der Waals surface area contributed by atoms with Crippen molar-refractivity contribution >= 4 is 0 Å². The molecule has 28 nitrogen and oxygen atoms in total. The Hall–Kier alpha value is -1.12. The summed E-state index contributed by atoms with van der Waals surface area (Å²) in [5.74, 6) is 0. The first-order valence-electron chi connectivity index (χ1n) is 19.3. The molecule has 61 heavy (non-hydrogen) atoms. The summed E-state index contributed by atoms with van der Waals surface area (Å²) in [6.45, 7) is -5.81. The quantitative estimate of drug-likeness (QED) is 0.0644. The van der Waals surface area contributed by atoms with Crippen LogP contribution in [0.4, 0.5) is 0 Å². The molecule has 5 heterocycles. The van der Waals surface area contributed by atoms with E-state index < -0.39 is 206 Å². The molecule has 0 amide bonds. The summed E-state index contributed by atoms with van der Waals surface area (Å²) < 4.78 is 54.9. The number of ether oxygens (including phenoxy) is 10. The number of rotatable bonds is 17. The molecule has 0 radical (unpaired) electrons. The van der Waals surface area contributed by atoms with E-state index in [9.17, 15) is 86.8 Å². The molecule has 28 heteroatoms. The highest BCUT2D eigenvalue weighted by atomic mass is 16.8. The Morgan fingerprint density at radius 3 is 0.885 bits per heavy atom. The van der Waals surface area contributed by atoms with Crippen molar-refractivity contribution in [1.82, 2.24) is 0 Å². The van der Waals surface area contributed by atoms with Crippen molar-refractivity contribution in [3.05, 3.63) is 0 Å². The summed E-state index contributed by atoms with van der Waals surface area (Å²) in [5.41, 5.74) is 0. The van der Waals surface area contributed by atoms with Crippen LogP contribution in [-0.4, -0.2) is 298 Å². The van der Waals surface area contributed by atoms with Gasteiger partial charge in [-0.25, -0.2) is 0 Å². The van der Waals surface area contributed by atoms with Crippen molar-refractivity contribution in [2.45, 2.75) is 160 Å². The highest BCUT2D eigenvalue weighted by Gasteiger charge is 2.56. The SMILES string of the molecule is OCC(O)CO[C@@H]1O[C@H](CO)[C@@H](O[C@H]2O[C@H](CO)[C@@H](O[C@H]3O[C@H](CO)[C@@H](O[C@H]4O[C@H](CO)[C@@H](O[C@H]5O[C@H](CO)[C@@H](O)[C@H](O)[C@H]5O)[C@H](O)[C@H]4O)[C@H](O)[C@H]3O)[C@H](O)[C@H]2O)[C@H](O)[C@H]1O. The molecule has 0 bridgehead atoms. The Balaban J connectivity index is 1.21. The van der Waals surface area contributed by atoms with E-state index >= 15 is 0 Å². The van der Waals surface area contributed by atoms with Crippen molar-refractivity contribution in [3.8, 4) is 0 Å². The predicted octanol–water partition coefficient (Wildman–Crippen LogP) is -12.5. The molecule has 1 unspecified atom stereocenters. The fourth-order valence-corrected chi connectivity index (χ4v) is 7.42. The summed E-state index contributed by atoms with van der Waals surface area (Å²) >= 11 is 0. The molecule has 0 spiro atoms. The van der Waals surface area contributed by atoms with Crippen LogP contribution < -0.4 is 0 Å². The van der Waals surface area contributed by atoms with E-state index in [2.05, 4.69) is 0 Å². The normalized spacial score (nSPS) is 50.4. The van der Waals surface area contributed by atoms with Crippen molar-refractivity contribution in [2.24, 2.45) is 0 Å². The average molecular weight is 903 g/mol. The second kappa shape index (κ2) is 22.4. The minimum atomic E-state index is -2.14. The van der Waals surface area contributed by atoms with Crippen LogP contribution in [0.3, 0.4) is 0 Å². The topological polar surface area (TPSA) is 456 Å². The fraction of sp³-hybridized carbons (Fsp3) is 1.00. The van der Waals surface area contributed by atoms with Gasteiger partial charge in [0.15, 0.2) is 31.5 Å². The van der Waals surface area contributed by atoms with E-state index in [1.807, 2.05) is 0 Å². The van der Waals surface area contributed by atoms with E-state index in [0.717, 1.165) is 0 Å². The number of hydrogen-bond acceptors (Lipinski definition) is 28. The van der Waals surface area contributed by atoms with Gasteiger partial charge >= 0.3 is 0 Å². The summed E-state index contributed by atoms with van der Waals surface area (Å²) in [6.07, 6.45) is -47.3. The van der Waals surface area contributed by atoms with E-state index in [0.29, 0.717) is 0 Å². The predicted molar refractivity (Wildman–Crippen MR) is 183 cm³/mol. The third kappa shape index (κ3) is 11.0. The maximum Gasteiger partial charge on any atom is 0.187 e. The Morgan fingerprint density at radius 1 is 0.328 bits per heavy atom. The van der Waals surface area contributed by atoms with Crippen molar-refractivity contribution in [1.29, 1.82) is 0 Å². The lowest BCUT2D eigenvalue weighted by atomic mass is 9.95. The molecule has 0 saturated carbocycles. The van der Waals surface area contributed by atoms with Gasteiger partial charge in [0.05, 0.1) is 46.2 Å². The highest BCUT2D eigenvalue weighted by Crippen LogP contribution is 2.35. The molecule has 5 aliphatic heterocycles. The van der Waals surface area contributed by atoms with Gasteiger partial charge in [-0.3, -0.25) is 0 Å². The lowest BCUT2D eigenvalue weighted by Gasteiger charge is -2.49. The third-order valence-electron chi connectivity index (χ3n) is 11.0. The van der Waals surface area contributed by atoms with Crippen LogP contribution in [0.2, 0.25) is 0 Å². The minimum absolute atomic E-state index is 0.531. The summed E-state index contributed by atoms with van der Waals surface area (Å²) in [5, 5.41) is 186. The van der Waals surface area contributed by atoms with E-state index in [1.165, 1.54) is 0 Å². The van der Waals surface area contributed by atoms with Gasteiger partial charge in [0.2, 0.25) is 0 Å². The van der Waals surface area contributed by atoms with Crippen LogP contribution in [0.15, 0.2) is 0 Å². The molecule has 0 aromatic carbocycles. The van der Waals surface area contributed by atoms with E-state index in [4.69, 9.17) is 52.5 Å². The Labute approximate surface area is 345 Å². The zero-order valence-electron chi connectivity index (χ0n) is 32.1. The van der Waals surface area contributed by atoms with Crippen molar-refractivity contribution in [2.75, 3.05) is 46.2 Å². The largest absolute Gasteiger partial charge is 0.394 e. The molecule has 5 saturated heterocycles. The second-order valence-electron chi connectivity index (χ2n) is 15.1. The molecule has 5 fully saturated rings. The second-order valence-corrected chi connectivity index (χ2v) is 15.1. The first-order valence-corrected chi connectivity index (χ1v) is 19.3. The standard InChI is InChI=1S/C33H58O28/c34-1-8(40)7-52-29-21(48)16(43)25(10(3-36)54-29)59-31-23(50)18(45)27(12(5-38)56-31)61-33-24(51)19(46)28(13(6-39)57-33)60-32-22(49)17(44)26(11(4-37)55-32)58-30-20(47)15(42)14(41)9(2-35)53-30/h8-51H,1-7H2/t8?,9-,10-,11-,12-,13-,14-,15+,16-,17-,18-,19-,20-,21-,22-,23-,24-,25-,26-,27-,28-,29-,30-,31-,32-,33-/m1/s1. The Morgan fingerprint density at radius 2 is 0.590 bits per heavy atom. The van der Waals surface area contributed by atoms with Crippen LogP contribution in [0, 0.1) is 0 Å². The van der Waals surface area contributed by atoms with Gasteiger partial charge in [0.1, 0.15) is 128 Å². The van der Waals surface area contributed by atoms with Gasteiger partial charge in [-0.1, -0.05) is 0 Å². The Kier molecular flexibility index (Phi) is 18.7. The molecular formula is C33H58O28. The van der Waals surface area contributed by atoms with Gasteiger partial charge in [-0.05, 0) is 0 Å². The van der Waals surface area contributed by atoms with Gasteiger partial charge in [-0.2, -0.15) is 0 Å². The van der Waals surface area contributed by atoms with Gasteiger partial charge < -0.3 is 139 Å². The first kappa shape index (κ1) is 50.9. The lowest BCUT2D eigenvalue weighted by Crippen LogP contribution is -2.68. The van der Waals surface area contributed by atoms with Crippen LogP contribution in [0.5, 0.6) is 0 Å². The molecule has 0 aromatic heterocycles. The molecule has 5 aliphatic rings. The molecule has 358 valence electrons. The summed E-state index contributed by atoms with van der Waals surface area (Å²) in [6, 6.07) is 0. The fourth-order valence-electron chi connectivity index (χ4n) is 7.42. The summed E-state index contributed by atoms with van der Waals surface area (Å²) in [4.78, 5) is 0. The molecule has 26 atom stereocenters. The number of aliphatic hydroxyl groups is 18. The molecule has 18 N–H and O–H groups in total. The van der Waals surface area contributed by atoms with Crippen LogP contribution >= 0.6 is 0 Å². The van der Waals surface area contributed by atoms with Crippen LogP contribution in [0.25, 0.3) is 0 Å². The Bertz CT molecular complexity index is 1300. The number of hydrogen-bond donors (Lipinski definition) is 18. The maximum absolute atomic E-state index is 11.1. The van der Waals surface area contributed by atoms with Gasteiger partial charge in [0, 0.05) is 0 Å². The van der Waals surface area contributed by atoms with Gasteiger partial charge in [-0.15, -0.1) is 0 Å². The monoisotopic (exact) mass is 902 g/mol. The van der Waals surface area contributed by atoms with Crippen molar-refractivity contribution < 1.29 is 139 Å². The zero-order valence-corrected chi connectivity index (χ0v) is 32.1. The minimum Gasteiger partial charge on any atom is -0.394 e. The first-order chi connectivity index (χ1) is 29.0. The highest BCUT2D eigenvalue weighted by molar-refractivity contribution is 4.99. The maximum atomic E-state index is 11.1. The molecule has 0 aromatic rings. The molecular weight excluding hydrogens is 844 g/mol. The third-order valence-corrected chi connectivity index (χ3v) is 11.0. The van der Waals surface area contributed by atoms with E-state index in [1.54, 1.807) is 0 Å². The zero-order chi connectivity index (χ0) is 45.0. The molecule has 0 aliphatic carbocycles. The van der Waals surface area contributed by atoms with Gasteiger partial charge in [0.25, 0.3) is 0 Å². The molecule has 5 rings (SSSR count). The van der Waals surface area contributed by atoms with Crippen LogP contribution in [-0.2, 0) is 47.4 Å². The van der Waals surface area contributed by atoms with Crippen molar-refractivity contribution in [3.63, 3.8) is 0 Å². The lowest BCUT2D eigenvalue weighted by molar-refractivity contribution is -0.393. The average Bonchev–Trinajstić information content (AvgIpc) is 3.26. The smallest absolute Gasteiger partial charge is 0.187 e. The summed E-state index contributed by atoms with van der Waals surface area (Å²) in [7, 11) is 0. The van der Waals surface area contributed by atoms with E-state index in [-0.39, 0.29) is 0 Å². The van der Waals surface area contributed by atoms with Crippen LogP contribution in [0.1, 0.15) is 0 Å². The number of aliphatic hydroxyl groups excluding tert-OH is 18.